The van der Waals surface area contributed by atoms with Gasteiger partial charge in [-0.3, -0.25) is 29.4 Å². The summed E-state index contributed by atoms with van der Waals surface area (Å²) in [4.78, 5) is 58.6. The normalized spacial score (nSPS) is 21.5. The topological polar surface area (TPSA) is 117 Å². The van der Waals surface area contributed by atoms with Gasteiger partial charge in [-0.15, -0.1) is 0 Å². The molecule has 0 spiro atoms. The Morgan fingerprint density at radius 2 is 1.01 bits per heavy atom. The Balaban J connectivity index is 0.000000171. The molecule has 4 fully saturated rings. The number of aromatic nitrogens is 2. The van der Waals surface area contributed by atoms with E-state index >= 15 is 0 Å². The van der Waals surface area contributed by atoms with Gasteiger partial charge in [-0.1, -0.05) is 35.3 Å². The summed E-state index contributed by atoms with van der Waals surface area (Å²) in [5.41, 5.74) is 9.98. The number of amides is 4. The second-order valence-electron chi connectivity index (χ2n) is 19.3. The molecule has 2 N–H and O–H groups in total. The summed E-state index contributed by atoms with van der Waals surface area (Å²) < 4.78 is 2.02. The van der Waals surface area contributed by atoms with Gasteiger partial charge in [0.05, 0.1) is 23.5 Å². The molecule has 10 rings (SSSR count). The Labute approximate surface area is 428 Å². The molecule has 4 aromatic rings. The third-order valence-corrected chi connectivity index (χ3v) is 16.5. The molecule has 4 aliphatic heterocycles. The second-order valence-corrected chi connectivity index (χ2v) is 22.0. The maximum atomic E-state index is 13.1. The third-order valence-electron chi connectivity index (χ3n) is 15.1. The molecule has 2 aromatic carbocycles. The Morgan fingerprint density at radius 1 is 0.588 bits per heavy atom. The summed E-state index contributed by atoms with van der Waals surface area (Å²) in [6.07, 6.45) is 12.9. The number of urea groups is 1. The number of pyridine rings is 2. The van der Waals surface area contributed by atoms with Crippen LogP contribution in [-0.4, -0.2) is 138 Å². The van der Waals surface area contributed by atoms with Crippen LogP contribution in [0.1, 0.15) is 95.4 Å². The number of nitrogens with one attached hydrogen (secondary N) is 2. The molecule has 2 aliphatic carbocycles. The van der Waals surface area contributed by atoms with Gasteiger partial charge in [-0.05, 0) is 178 Å². The van der Waals surface area contributed by atoms with E-state index in [0.29, 0.717) is 30.6 Å². The van der Waals surface area contributed by atoms with Crippen LogP contribution < -0.4 is 10.6 Å². The Hall–Kier alpha value is -3.63. The fraction of sp³-hybridized carbons (Fsp3) is 0.519. The van der Waals surface area contributed by atoms with Gasteiger partial charge < -0.3 is 25.3 Å². The standard InChI is InChI=1S/C27H33BrClN5O2.C25H30BrClN4O/c1-30-27(36)34-8-6-18(7-9-34)14-24(35)32-10-12-33(13-11-32)26-23-5-4-22(29)16-19(23)2-3-20-15-21(28)17-31-25(20)26;26-20-14-19-2-1-18-15-21(27)3-4-22(18)25(24(19)29-16-20)31-11-9-30(10-12-31)23(32)13-17-5-7-28-8-6-17/h4-5,15-18,26H,2-3,6-14H2,1H3,(H,30,36);3-4,14-17,25,28H,1-2,5-13H2. The molecule has 6 aliphatic rings. The highest BCUT2D eigenvalue weighted by molar-refractivity contribution is 9.10. The molecule has 0 saturated carbocycles. The molecule has 362 valence electrons. The van der Waals surface area contributed by atoms with Crippen LogP contribution in [0.4, 0.5) is 4.79 Å². The molecule has 6 heterocycles. The lowest BCUT2D eigenvalue weighted by atomic mass is 9.93. The van der Waals surface area contributed by atoms with Crippen molar-refractivity contribution in [3.8, 4) is 0 Å². The average molecular weight is 1090 g/mol. The molecule has 4 saturated heterocycles. The van der Waals surface area contributed by atoms with Crippen molar-refractivity contribution >= 4 is 72.9 Å². The van der Waals surface area contributed by atoms with Gasteiger partial charge in [0, 0.05) is 117 Å². The van der Waals surface area contributed by atoms with Crippen LogP contribution in [0.5, 0.6) is 0 Å². The lowest BCUT2D eigenvalue weighted by Gasteiger charge is -2.40. The molecule has 2 unspecified atom stereocenters. The minimum atomic E-state index is -0.0262. The van der Waals surface area contributed by atoms with Crippen molar-refractivity contribution in [2.45, 2.75) is 76.3 Å². The number of benzene rings is 2. The zero-order chi connectivity index (χ0) is 47.3. The first kappa shape index (κ1) is 49.4. The van der Waals surface area contributed by atoms with E-state index in [4.69, 9.17) is 33.2 Å². The number of hydrogen-bond acceptors (Lipinski definition) is 8. The minimum absolute atomic E-state index is 0.0262. The molecule has 16 heteroatoms. The van der Waals surface area contributed by atoms with Gasteiger partial charge in [0.25, 0.3) is 0 Å². The van der Waals surface area contributed by atoms with Gasteiger partial charge in [-0.2, -0.15) is 0 Å². The lowest BCUT2D eigenvalue weighted by Crippen LogP contribution is -2.50. The van der Waals surface area contributed by atoms with E-state index in [0.717, 1.165) is 160 Å². The highest BCUT2D eigenvalue weighted by Gasteiger charge is 2.36. The number of carbonyl (C=O) groups is 3. The van der Waals surface area contributed by atoms with Crippen molar-refractivity contribution < 1.29 is 14.4 Å². The number of carbonyl (C=O) groups excluding carboxylic acids is 3. The van der Waals surface area contributed by atoms with Crippen molar-refractivity contribution in [2.75, 3.05) is 85.6 Å². The second kappa shape index (κ2) is 22.6. The molecule has 12 nitrogen and oxygen atoms in total. The van der Waals surface area contributed by atoms with Crippen molar-refractivity contribution in [2.24, 2.45) is 11.8 Å². The average Bonchev–Trinajstić information content (AvgIpc) is 3.61. The minimum Gasteiger partial charge on any atom is -0.341 e. The highest BCUT2D eigenvalue weighted by atomic mass is 79.9. The van der Waals surface area contributed by atoms with Gasteiger partial charge in [0.1, 0.15) is 0 Å². The predicted octanol–water partition coefficient (Wildman–Crippen LogP) is 8.49. The van der Waals surface area contributed by atoms with Crippen molar-refractivity contribution in [3.63, 3.8) is 0 Å². The molecular formula is C52H63Br2Cl2N9O3. The molecule has 2 atom stereocenters. The maximum absolute atomic E-state index is 13.1. The fourth-order valence-electron chi connectivity index (χ4n) is 11.4. The first-order valence-electron chi connectivity index (χ1n) is 24.6. The SMILES string of the molecule is CNC(=O)N1CCC(CC(=O)N2CCN(C3c4ccc(Cl)cc4CCc4cc(Br)cnc43)CC2)CC1.O=C(CC1CCNCC1)N1CCN(C2c3ccc(Cl)cc3CCc3cc(Br)cnc32)CC1. The first-order chi connectivity index (χ1) is 33.0. The van der Waals surface area contributed by atoms with Gasteiger partial charge >= 0.3 is 6.03 Å². The Kier molecular flexibility index (Phi) is 16.4. The van der Waals surface area contributed by atoms with Crippen LogP contribution in [-0.2, 0) is 35.3 Å². The van der Waals surface area contributed by atoms with Crippen molar-refractivity contribution in [1.82, 2.24) is 45.1 Å². The molecule has 2 aromatic heterocycles. The van der Waals surface area contributed by atoms with E-state index in [9.17, 15) is 14.4 Å². The van der Waals surface area contributed by atoms with Gasteiger partial charge in [0.2, 0.25) is 11.8 Å². The number of likely N-dealkylation sites (tertiary alicyclic amines) is 1. The summed E-state index contributed by atoms with van der Waals surface area (Å²) in [7, 11) is 1.66. The van der Waals surface area contributed by atoms with Crippen LogP contribution in [0.2, 0.25) is 10.0 Å². The van der Waals surface area contributed by atoms with E-state index in [-0.39, 0.29) is 24.0 Å². The largest absolute Gasteiger partial charge is 0.341 e. The Morgan fingerprint density at radius 3 is 1.46 bits per heavy atom. The fourth-order valence-corrected chi connectivity index (χ4v) is 12.5. The predicted molar refractivity (Wildman–Crippen MR) is 275 cm³/mol. The van der Waals surface area contributed by atoms with Crippen molar-refractivity contribution in [3.05, 3.63) is 125 Å². The zero-order valence-corrected chi connectivity index (χ0v) is 43.7. The highest BCUT2D eigenvalue weighted by Crippen LogP contribution is 2.40. The van der Waals surface area contributed by atoms with Gasteiger partial charge in [-0.25, -0.2) is 4.79 Å². The summed E-state index contributed by atoms with van der Waals surface area (Å²) in [6.45, 7) is 9.89. The number of halogens is 4. The zero-order valence-electron chi connectivity index (χ0n) is 39.0. The van der Waals surface area contributed by atoms with E-state index < -0.39 is 0 Å². The summed E-state index contributed by atoms with van der Waals surface area (Å²) >= 11 is 19.9. The van der Waals surface area contributed by atoms with E-state index in [2.05, 4.69) is 93.6 Å². The number of piperazine rings is 2. The molecular weight excluding hydrogens is 1030 g/mol. The number of hydrogen-bond donors (Lipinski definition) is 2. The number of rotatable bonds is 6. The smallest absolute Gasteiger partial charge is 0.317 e. The summed E-state index contributed by atoms with van der Waals surface area (Å²) in [5, 5.41) is 7.63. The van der Waals surface area contributed by atoms with Gasteiger partial charge in [0.15, 0.2) is 0 Å². The van der Waals surface area contributed by atoms with E-state index in [1.165, 1.54) is 33.4 Å². The molecule has 0 radical (unpaired) electrons. The maximum Gasteiger partial charge on any atom is 0.317 e. The number of aryl methyl sites for hydroxylation is 4. The molecule has 68 heavy (non-hydrogen) atoms. The number of fused-ring (bicyclic) bond motifs is 4. The van der Waals surface area contributed by atoms with Crippen molar-refractivity contribution in [1.29, 1.82) is 0 Å². The number of nitrogens with zero attached hydrogens (tertiary/aromatic N) is 7. The van der Waals surface area contributed by atoms with Crippen LogP contribution in [0.15, 0.2) is 69.9 Å². The van der Waals surface area contributed by atoms with Crippen LogP contribution >= 0.6 is 55.1 Å². The van der Waals surface area contributed by atoms with Crippen LogP contribution in [0.25, 0.3) is 0 Å². The quantitative estimate of drug-likeness (QED) is 0.198. The molecule has 0 bridgehead atoms. The monoisotopic (exact) mass is 1090 g/mol. The number of piperidine rings is 2. The third kappa shape index (κ3) is 11.6. The first-order valence-corrected chi connectivity index (χ1v) is 26.9. The summed E-state index contributed by atoms with van der Waals surface area (Å²) in [6, 6.07) is 17.1. The van der Waals surface area contributed by atoms with E-state index in [1.54, 1.807) is 7.05 Å². The van der Waals surface area contributed by atoms with E-state index in [1.807, 2.05) is 34.3 Å². The molecule has 4 amide bonds. The lowest BCUT2D eigenvalue weighted by molar-refractivity contribution is -0.135. The Bertz CT molecular complexity index is 2340. The van der Waals surface area contributed by atoms with Crippen LogP contribution in [0, 0.1) is 11.8 Å². The van der Waals surface area contributed by atoms with Crippen LogP contribution in [0.3, 0.4) is 0 Å². The summed E-state index contributed by atoms with van der Waals surface area (Å²) in [5.74, 6) is 1.45.